The van der Waals surface area contributed by atoms with Gasteiger partial charge in [0, 0.05) is 6.42 Å². The molecule has 9 heteroatoms. The van der Waals surface area contributed by atoms with Crippen LogP contribution in [0.5, 0.6) is 0 Å². The average Bonchev–Trinajstić information content (AvgIpc) is 3.11. The lowest BCUT2D eigenvalue weighted by Crippen LogP contribution is -2.60. The number of rotatable bonds is 31. The molecule has 0 aromatic carbocycles. The lowest BCUT2D eigenvalue weighted by Gasteiger charge is -2.40. The number of ether oxygens (including phenoxy) is 2. The SMILES string of the molecule is CCCCCC/C=C\CCCC(=O)NC(COC1OC(CO)C(O)C(O)C1O)C(O)/C=C/CC/C=C/CC/C=C/CCCCCCCCCC. The van der Waals surface area contributed by atoms with Gasteiger partial charge >= 0.3 is 0 Å². The molecule has 6 N–H and O–H groups in total. The molecule has 50 heavy (non-hydrogen) atoms. The highest BCUT2D eigenvalue weighted by atomic mass is 16.7. The topological polar surface area (TPSA) is 149 Å². The Hall–Kier alpha value is -1.85. The van der Waals surface area contributed by atoms with E-state index in [1.807, 2.05) is 6.08 Å². The van der Waals surface area contributed by atoms with E-state index >= 15 is 0 Å². The van der Waals surface area contributed by atoms with Crippen molar-refractivity contribution in [2.45, 2.75) is 192 Å². The van der Waals surface area contributed by atoms with E-state index in [2.05, 4.69) is 55.6 Å². The molecule has 0 saturated carbocycles. The predicted molar refractivity (Wildman–Crippen MR) is 203 cm³/mol. The van der Waals surface area contributed by atoms with Crippen LogP contribution >= 0.6 is 0 Å². The number of carbonyl (C=O) groups excluding carboxylic acids is 1. The molecule has 1 heterocycles. The molecule has 0 radical (unpaired) electrons. The Kier molecular flexibility index (Phi) is 29.4. The van der Waals surface area contributed by atoms with Crippen molar-refractivity contribution in [3.8, 4) is 0 Å². The molecular formula is C41H73NO8. The Labute approximate surface area is 303 Å². The standard InChI is InChI=1S/C41H73NO8/c1-3-5-7-9-11-13-14-15-16-17-18-19-20-21-23-24-26-28-30-35(44)34(33-49-41-40(48)39(47)38(46)36(32-43)50-41)42-37(45)31-29-27-25-22-12-10-8-6-4-2/h17-18,21-23,25,28,30,34-36,38-41,43-44,46-48H,3-16,19-20,24,26-27,29,31-33H2,1-2H3,(H,42,45)/b18-17+,23-21+,25-22-,30-28+. The van der Waals surface area contributed by atoms with E-state index in [9.17, 15) is 30.3 Å². The van der Waals surface area contributed by atoms with Crippen LogP contribution in [0.1, 0.15) is 149 Å². The van der Waals surface area contributed by atoms with Crippen LogP contribution in [0.4, 0.5) is 0 Å². The first-order chi connectivity index (χ1) is 24.3. The van der Waals surface area contributed by atoms with Crippen molar-refractivity contribution in [1.82, 2.24) is 5.32 Å². The number of aliphatic hydroxyl groups is 5. The Morgan fingerprint density at radius 1 is 0.660 bits per heavy atom. The Morgan fingerprint density at radius 2 is 1.14 bits per heavy atom. The van der Waals surface area contributed by atoms with Crippen molar-refractivity contribution in [2.24, 2.45) is 0 Å². The van der Waals surface area contributed by atoms with E-state index in [4.69, 9.17) is 9.47 Å². The predicted octanol–water partition coefficient (Wildman–Crippen LogP) is 7.11. The van der Waals surface area contributed by atoms with Crippen LogP contribution in [0.2, 0.25) is 0 Å². The first kappa shape index (κ1) is 46.2. The van der Waals surface area contributed by atoms with E-state index in [1.54, 1.807) is 6.08 Å². The minimum Gasteiger partial charge on any atom is -0.394 e. The number of nitrogens with one attached hydrogen (secondary N) is 1. The molecule has 1 amide bonds. The Morgan fingerprint density at radius 3 is 1.70 bits per heavy atom. The Balaban J connectivity index is 2.48. The third kappa shape index (κ3) is 22.9. The van der Waals surface area contributed by atoms with Crippen LogP contribution in [-0.4, -0.2) is 87.5 Å². The maximum Gasteiger partial charge on any atom is 0.220 e. The van der Waals surface area contributed by atoms with Crippen molar-refractivity contribution in [3.63, 3.8) is 0 Å². The van der Waals surface area contributed by atoms with Crippen LogP contribution in [-0.2, 0) is 14.3 Å². The van der Waals surface area contributed by atoms with Crippen LogP contribution in [0.15, 0.2) is 48.6 Å². The largest absolute Gasteiger partial charge is 0.394 e. The first-order valence-electron chi connectivity index (χ1n) is 19.9. The third-order valence-corrected chi connectivity index (χ3v) is 9.10. The quantitative estimate of drug-likeness (QED) is 0.0330. The van der Waals surface area contributed by atoms with Crippen LogP contribution in [0, 0.1) is 0 Å². The molecule has 1 rings (SSSR count). The number of carbonyl (C=O) groups is 1. The minimum absolute atomic E-state index is 0.218. The summed E-state index contributed by atoms with van der Waals surface area (Å²) in [5.74, 6) is -0.231. The number of aliphatic hydroxyl groups excluding tert-OH is 5. The normalized spacial score (nSPS) is 22.7. The first-order valence-corrected chi connectivity index (χ1v) is 19.9. The summed E-state index contributed by atoms with van der Waals surface area (Å²) in [6.45, 7) is 3.66. The number of allylic oxidation sites excluding steroid dienone is 7. The summed E-state index contributed by atoms with van der Waals surface area (Å²) in [6.07, 6.45) is 31.7. The average molecular weight is 708 g/mol. The lowest BCUT2D eigenvalue weighted by atomic mass is 9.99. The fourth-order valence-corrected chi connectivity index (χ4v) is 5.84. The second-order valence-corrected chi connectivity index (χ2v) is 13.7. The molecule has 0 aromatic rings. The maximum absolute atomic E-state index is 12.8. The fraction of sp³-hybridized carbons (Fsp3) is 0.780. The molecule has 1 fully saturated rings. The molecule has 0 bridgehead atoms. The van der Waals surface area contributed by atoms with Gasteiger partial charge in [0.25, 0.3) is 0 Å². The number of hydrogen-bond donors (Lipinski definition) is 6. The zero-order valence-electron chi connectivity index (χ0n) is 31.4. The van der Waals surface area contributed by atoms with Gasteiger partial charge in [-0.1, -0.05) is 127 Å². The van der Waals surface area contributed by atoms with Gasteiger partial charge in [-0.05, 0) is 64.2 Å². The molecule has 0 aliphatic carbocycles. The molecule has 0 spiro atoms. The molecule has 290 valence electrons. The zero-order valence-corrected chi connectivity index (χ0v) is 31.4. The lowest BCUT2D eigenvalue weighted by molar-refractivity contribution is -0.302. The van der Waals surface area contributed by atoms with E-state index < -0.39 is 49.5 Å². The van der Waals surface area contributed by atoms with Gasteiger partial charge in [-0.2, -0.15) is 0 Å². The summed E-state index contributed by atoms with van der Waals surface area (Å²) in [7, 11) is 0. The van der Waals surface area contributed by atoms with Gasteiger partial charge < -0.3 is 40.3 Å². The summed E-state index contributed by atoms with van der Waals surface area (Å²) in [4.78, 5) is 12.8. The third-order valence-electron chi connectivity index (χ3n) is 9.10. The van der Waals surface area contributed by atoms with Gasteiger partial charge in [0.15, 0.2) is 6.29 Å². The highest BCUT2D eigenvalue weighted by Crippen LogP contribution is 2.22. The van der Waals surface area contributed by atoms with Gasteiger partial charge in [-0.15, -0.1) is 0 Å². The zero-order chi connectivity index (χ0) is 36.7. The smallest absolute Gasteiger partial charge is 0.220 e. The Bertz CT molecular complexity index is 920. The van der Waals surface area contributed by atoms with Crippen molar-refractivity contribution in [2.75, 3.05) is 13.2 Å². The number of unbranched alkanes of at least 4 members (excludes halogenated alkanes) is 15. The summed E-state index contributed by atoms with van der Waals surface area (Å²) in [5.41, 5.74) is 0. The van der Waals surface area contributed by atoms with Crippen molar-refractivity contribution < 1.29 is 39.8 Å². The summed E-state index contributed by atoms with van der Waals surface area (Å²) >= 11 is 0. The summed E-state index contributed by atoms with van der Waals surface area (Å²) in [6, 6.07) is -0.839. The van der Waals surface area contributed by atoms with E-state index in [0.29, 0.717) is 6.42 Å². The molecule has 0 aromatic heterocycles. The van der Waals surface area contributed by atoms with Crippen LogP contribution in [0.3, 0.4) is 0 Å². The minimum atomic E-state index is -1.58. The monoisotopic (exact) mass is 708 g/mol. The number of hydrogen-bond acceptors (Lipinski definition) is 8. The molecular weight excluding hydrogens is 634 g/mol. The molecule has 1 aliphatic heterocycles. The van der Waals surface area contributed by atoms with Gasteiger partial charge in [-0.25, -0.2) is 0 Å². The van der Waals surface area contributed by atoms with Crippen LogP contribution < -0.4 is 5.32 Å². The highest BCUT2D eigenvalue weighted by Gasteiger charge is 2.44. The second-order valence-electron chi connectivity index (χ2n) is 13.7. The fourth-order valence-electron chi connectivity index (χ4n) is 5.84. The molecule has 7 atom stereocenters. The summed E-state index contributed by atoms with van der Waals surface area (Å²) in [5, 5.41) is 53.8. The van der Waals surface area contributed by atoms with Gasteiger partial charge in [0.2, 0.25) is 5.91 Å². The van der Waals surface area contributed by atoms with Gasteiger partial charge in [0.1, 0.15) is 24.4 Å². The van der Waals surface area contributed by atoms with Gasteiger partial charge in [0.05, 0.1) is 25.4 Å². The summed E-state index contributed by atoms with van der Waals surface area (Å²) < 4.78 is 11.1. The molecule has 1 aliphatic rings. The van der Waals surface area contributed by atoms with E-state index in [1.165, 1.54) is 77.0 Å². The van der Waals surface area contributed by atoms with E-state index in [0.717, 1.165) is 44.9 Å². The van der Waals surface area contributed by atoms with E-state index in [-0.39, 0.29) is 18.9 Å². The molecule has 7 unspecified atom stereocenters. The van der Waals surface area contributed by atoms with Gasteiger partial charge in [-0.3, -0.25) is 4.79 Å². The molecule has 9 nitrogen and oxygen atoms in total. The van der Waals surface area contributed by atoms with Crippen LogP contribution in [0.25, 0.3) is 0 Å². The van der Waals surface area contributed by atoms with Crippen molar-refractivity contribution in [3.05, 3.63) is 48.6 Å². The van der Waals surface area contributed by atoms with Crippen molar-refractivity contribution in [1.29, 1.82) is 0 Å². The second kappa shape index (κ2) is 31.9. The maximum atomic E-state index is 12.8. The highest BCUT2D eigenvalue weighted by molar-refractivity contribution is 5.76. The molecule has 1 saturated heterocycles. The van der Waals surface area contributed by atoms with Crippen molar-refractivity contribution >= 4 is 5.91 Å². The number of amides is 1.